The zero-order valence-corrected chi connectivity index (χ0v) is 9.25. The van der Waals surface area contributed by atoms with Crippen molar-refractivity contribution in [3.8, 4) is 5.75 Å². The summed E-state index contributed by atoms with van der Waals surface area (Å²) in [5.74, 6) is -1.15. The van der Waals surface area contributed by atoms with Crippen LogP contribution in [0.4, 0.5) is 0 Å². The number of carboxylic acid groups (broad SMARTS) is 1. The SMILES string of the molecule is COC(=O)C=Cc1ccccc1OCC(=O)O. The number of carbonyl (C=O) groups excluding carboxylic acids is 1. The molecule has 0 bridgehead atoms. The van der Waals surface area contributed by atoms with Gasteiger partial charge in [-0.2, -0.15) is 0 Å². The molecule has 90 valence electrons. The van der Waals surface area contributed by atoms with Crippen LogP contribution in [0.2, 0.25) is 0 Å². The summed E-state index contributed by atoms with van der Waals surface area (Å²) in [6.45, 7) is -0.428. The molecule has 0 aliphatic heterocycles. The molecule has 5 nitrogen and oxygen atoms in total. The number of benzene rings is 1. The minimum Gasteiger partial charge on any atom is -0.481 e. The first kappa shape index (κ1) is 12.8. The Kier molecular flexibility index (Phi) is 4.75. The van der Waals surface area contributed by atoms with Crippen LogP contribution in [0.3, 0.4) is 0 Å². The molecule has 0 saturated heterocycles. The molecule has 1 rings (SSSR count). The first-order valence-corrected chi connectivity index (χ1v) is 4.83. The second kappa shape index (κ2) is 6.32. The molecule has 0 spiro atoms. The van der Waals surface area contributed by atoms with Crippen molar-refractivity contribution in [2.75, 3.05) is 13.7 Å². The molecule has 0 heterocycles. The molecular formula is C12H12O5. The number of aliphatic carboxylic acids is 1. The van der Waals surface area contributed by atoms with Crippen molar-refractivity contribution in [2.45, 2.75) is 0 Å². The third-order valence-electron chi connectivity index (χ3n) is 1.87. The maximum atomic E-state index is 10.9. The van der Waals surface area contributed by atoms with Crippen molar-refractivity contribution in [1.29, 1.82) is 0 Å². The average Bonchev–Trinajstić information content (AvgIpc) is 2.34. The first-order chi connectivity index (χ1) is 8.13. The van der Waals surface area contributed by atoms with E-state index in [4.69, 9.17) is 9.84 Å². The van der Waals surface area contributed by atoms with Crippen LogP contribution in [0, 0.1) is 0 Å². The largest absolute Gasteiger partial charge is 0.481 e. The van der Waals surface area contributed by atoms with E-state index >= 15 is 0 Å². The second-order valence-corrected chi connectivity index (χ2v) is 3.08. The Labute approximate surface area is 98.3 Å². The predicted octanol–water partition coefficient (Wildman–Crippen LogP) is 1.34. The summed E-state index contributed by atoms with van der Waals surface area (Å²) in [7, 11) is 1.28. The number of carboxylic acids is 1. The molecule has 0 unspecified atom stereocenters. The molecule has 0 atom stereocenters. The summed E-state index contributed by atoms with van der Waals surface area (Å²) in [5.41, 5.74) is 0.610. The molecule has 0 amide bonds. The molecule has 0 radical (unpaired) electrons. The Balaban J connectivity index is 2.80. The number of para-hydroxylation sites is 1. The van der Waals surface area contributed by atoms with Gasteiger partial charge in [-0.1, -0.05) is 18.2 Å². The highest BCUT2D eigenvalue weighted by atomic mass is 16.5. The highest BCUT2D eigenvalue weighted by Gasteiger charge is 2.03. The van der Waals surface area contributed by atoms with Crippen molar-refractivity contribution < 1.29 is 24.2 Å². The lowest BCUT2D eigenvalue weighted by Crippen LogP contribution is -2.09. The minimum atomic E-state index is -1.06. The van der Waals surface area contributed by atoms with Gasteiger partial charge in [0.1, 0.15) is 5.75 Å². The van der Waals surface area contributed by atoms with Gasteiger partial charge in [0, 0.05) is 11.6 Å². The van der Waals surface area contributed by atoms with Gasteiger partial charge in [-0.05, 0) is 12.1 Å². The Morgan fingerprint density at radius 2 is 2.06 bits per heavy atom. The van der Waals surface area contributed by atoms with Gasteiger partial charge in [-0.3, -0.25) is 0 Å². The van der Waals surface area contributed by atoms with Crippen molar-refractivity contribution in [2.24, 2.45) is 0 Å². The zero-order chi connectivity index (χ0) is 12.7. The van der Waals surface area contributed by atoms with Crippen LogP contribution in [0.1, 0.15) is 5.56 Å². The van der Waals surface area contributed by atoms with Gasteiger partial charge < -0.3 is 14.6 Å². The molecule has 0 aliphatic rings. The summed E-state index contributed by atoms with van der Waals surface area (Å²) < 4.78 is 9.51. The quantitative estimate of drug-likeness (QED) is 0.616. The third-order valence-corrected chi connectivity index (χ3v) is 1.87. The van der Waals surface area contributed by atoms with E-state index in [1.807, 2.05) is 0 Å². The summed E-state index contributed by atoms with van der Waals surface area (Å²) in [6, 6.07) is 6.80. The van der Waals surface area contributed by atoms with Crippen LogP contribution in [0.15, 0.2) is 30.3 Å². The maximum absolute atomic E-state index is 10.9. The van der Waals surface area contributed by atoms with Crippen molar-refractivity contribution in [3.63, 3.8) is 0 Å². The molecule has 5 heteroatoms. The highest BCUT2D eigenvalue weighted by molar-refractivity contribution is 5.87. The van der Waals surface area contributed by atoms with Crippen LogP contribution in [0.25, 0.3) is 6.08 Å². The van der Waals surface area contributed by atoms with Crippen LogP contribution in [0.5, 0.6) is 5.75 Å². The van der Waals surface area contributed by atoms with E-state index in [9.17, 15) is 9.59 Å². The van der Waals surface area contributed by atoms with Gasteiger partial charge in [-0.15, -0.1) is 0 Å². The molecule has 0 aliphatic carbocycles. The monoisotopic (exact) mass is 236 g/mol. The molecular weight excluding hydrogens is 224 g/mol. The van der Waals surface area contributed by atoms with Gasteiger partial charge >= 0.3 is 11.9 Å². The normalized spacial score (nSPS) is 10.2. The zero-order valence-electron chi connectivity index (χ0n) is 9.25. The Bertz CT molecular complexity index is 436. The third kappa shape index (κ3) is 4.38. The summed E-state index contributed by atoms with van der Waals surface area (Å²) in [4.78, 5) is 21.3. The number of methoxy groups -OCH3 is 1. The van der Waals surface area contributed by atoms with Crippen LogP contribution in [-0.2, 0) is 14.3 Å². The second-order valence-electron chi connectivity index (χ2n) is 3.08. The molecule has 0 fully saturated rings. The van der Waals surface area contributed by atoms with Gasteiger partial charge in [0.15, 0.2) is 6.61 Å². The Morgan fingerprint density at radius 1 is 1.35 bits per heavy atom. The first-order valence-electron chi connectivity index (χ1n) is 4.83. The molecule has 0 aromatic heterocycles. The van der Waals surface area contributed by atoms with E-state index in [0.29, 0.717) is 11.3 Å². The molecule has 1 N–H and O–H groups in total. The van der Waals surface area contributed by atoms with E-state index < -0.39 is 18.5 Å². The highest BCUT2D eigenvalue weighted by Crippen LogP contribution is 2.19. The number of hydrogen-bond donors (Lipinski definition) is 1. The van der Waals surface area contributed by atoms with Crippen LogP contribution >= 0.6 is 0 Å². The number of hydrogen-bond acceptors (Lipinski definition) is 4. The number of carbonyl (C=O) groups is 2. The van der Waals surface area contributed by atoms with Gasteiger partial charge in [-0.25, -0.2) is 9.59 Å². The number of ether oxygens (including phenoxy) is 2. The lowest BCUT2D eigenvalue weighted by Gasteiger charge is -2.06. The van der Waals surface area contributed by atoms with Crippen molar-refractivity contribution in [1.82, 2.24) is 0 Å². The average molecular weight is 236 g/mol. The van der Waals surface area contributed by atoms with E-state index in [-0.39, 0.29) is 0 Å². The smallest absolute Gasteiger partial charge is 0.341 e. The Morgan fingerprint density at radius 3 is 2.71 bits per heavy atom. The van der Waals surface area contributed by atoms with E-state index in [1.54, 1.807) is 24.3 Å². The molecule has 1 aromatic carbocycles. The molecule has 1 aromatic rings. The molecule has 0 saturated carbocycles. The van der Waals surface area contributed by atoms with E-state index in [0.717, 1.165) is 0 Å². The summed E-state index contributed by atoms with van der Waals surface area (Å²) in [6.07, 6.45) is 2.74. The Hall–Kier alpha value is -2.30. The summed E-state index contributed by atoms with van der Waals surface area (Å²) >= 11 is 0. The van der Waals surface area contributed by atoms with E-state index in [1.165, 1.54) is 19.3 Å². The summed E-state index contributed by atoms with van der Waals surface area (Å²) in [5, 5.41) is 8.50. The lowest BCUT2D eigenvalue weighted by molar-refractivity contribution is -0.139. The lowest BCUT2D eigenvalue weighted by atomic mass is 10.2. The fourth-order valence-electron chi connectivity index (χ4n) is 1.12. The standard InChI is InChI=1S/C12H12O5/c1-16-12(15)7-6-9-4-2-3-5-10(9)17-8-11(13)14/h2-7H,8H2,1H3,(H,13,14). The minimum absolute atomic E-state index is 0.398. The van der Waals surface area contributed by atoms with E-state index in [2.05, 4.69) is 4.74 Å². The predicted molar refractivity (Wildman–Crippen MR) is 60.6 cm³/mol. The van der Waals surface area contributed by atoms with Gasteiger partial charge in [0.05, 0.1) is 7.11 Å². The number of rotatable bonds is 5. The topological polar surface area (TPSA) is 72.8 Å². The maximum Gasteiger partial charge on any atom is 0.341 e. The van der Waals surface area contributed by atoms with Crippen LogP contribution < -0.4 is 4.74 Å². The van der Waals surface area contributed by atoms with Crippen molar-refractivity contribution >= 4 is 18.0 Å². The fourth-order valence-corrected chi connectivity index (χ4v) is 1.12. The fraction of sp³-hybridized carbons (Fsp3) is 0.167. The molecule has 17 heavy (non-hydrogen) atoms. The van der Waals surface area contributed by atoms with Crippen molar-refractivity contribution in [3.05, 3.63) is 35.9 Å². The van der Waals surface area contributed by atoms with Gasteiger partial charge in [0.2, 0.25) is 0 Å². The van der Waals surface area contributed by atoms with Gasteiger partial charge in [0.25, 0.3) is 0 Å². The number of esters is 1. The van der Waals surface area contributed by atoms with Crippen LogP contribution in [-0.4, -0.2) is 30.8 Å².